The Labute approximate surface area is 173 Å². The van der Waals surface area contributed by atoms with Gasteiger partial charge in [0.25, 0.3) is 0 Å². The van der Waals surface area contributed by atoms with Crippen LogP contribution in [0.15, 0.2) is 0 Å². The fraction of sp³-hybridized carbons (Fsp3) is 0.952. The van der Waals surface area contributed by atoms with Crippen LogP contribution in [0.3, 0.4) is 0 Å². The van der Waals surface area contributed by atoms with Crippen molar-refractivity contribution in [2.75, 3.05) is 6.61 Å². The van der Waals surface area contributed by atoms with Crippen molar-refractivity contribution in [2.24, 2.45) is 29.1 Å². The second-order valence-corrected chi connectivity index (χ2v) is 7.43. The van der Waals surface area contributed by atoms with Crippen LogP contribution < -0.4 is 0 Å². The molecule has 180 valence electrons. The summed E-state index contributed by atoms with van der Waals surface area (Å²) in [7, 11) is 0. The van der Waals surface area contributed by atoms with Crippen LogP contribution in [0.25, 0.3) is 0 Å². The average Bonchev–Trinajstić information content (AvgIpc) is 3.07. The molecule has 5 unspecified atom stereocenters. The Kier molecular flexibility index (Phi) is 15.5. The third-order valence-corrected chi connectivity index (χ3v) is 5.98. The predicted molar refractivity (Wildman–Crippen MR) is 108 cm³/mol. The van der Waals surface area contributed by atoms with Crippen LogP contribution in [0, 0.1) is 29.1 Å². The molecule has 5 atom stereocenters. The van der Waals surface area contributed by atoms with Gasteiger partial charge >= 0.3 is 18.3 Å². The number of fused-ring (bicyclic) bond motifs is 2. The van der Waals surface area contributed by atoms with Crippen LogP contribution in [0.4, 0.5) is 26.3 Å². The number of hydrogen-bond acceptors (Lipinski definition) is 2. The Morgan fingerprint density at radius 3 is 1.48 bits per heavy atom. The molecule has 29 heavy (non-hydrogen) atoms. The molecule has 2 nitrogen and oxygen atoms in total. The van der Waals surface area contributed by atoms with Crippen LogP contribution in [-0.2, 0) is 9.53 Å². The van der Waals surface area contributed by atoms with Gasteiger partial charge in [-0.25, -0.2) is 0 Å². The van der Waals surface area contributed by atoms with E-state index in [1.165, 1.54) is 12.8 Å². The number of esters is 1. The van der Waals surface area contributed by atoms with E-state index >= 15 is 0 Å². The Morgan fingerprint density at radius 2 is 1.28 bits per heavy atom. The van der Waals surface area contributed by atoms with E-state index in [1.807, 2.05) is 0 Å². The van der Waals surface area contributed by atoms with Gasteiger partial charge in [-0.15, -0.1) is 0 Å². The van der Waals surface area contributed by atoms with Crippen LogP contribution in [-0.4, -0.2) is 24.9 Å². The zero-order chi connectivity index (χ0) is 19.6. The molecule has 0 aromatic heterocycles. The van der Waals surface area contributed by atoms with Gasteiger partial charge in [0.2, 0.25) is 0 Å². The average molecular weight is 441 g/mol. The lowest BCUT2D eigenvalue weighted by Crippen LogP contribution is -2.44. The van der Waals surface area contributed by atoms with E-state index in [2.05, 4.69) is 18.6 Å². The first-order valence-corrected chi connectivity index (χ1v) is 8.53. The fourth-order valence-electron chi connectivity index (χ4n) is 3.63. The van der Waals surface area contributed by atoms with Crippen molar-refractivity contribution in [3.05, 3.63) is 0 Å². The van der Waals surface area contributed by atoms with E-state index in [4.69, 9.17) is 0 Å². The van der Waals surface area contributed by atoms with Crippen molar-refractivity contribution in [3.63, 3.8) is 0 Å². The molecular weight excluding hydrogens is 398 g/mol. The molecule has 0 aromatic carbocycles. The lowest BCUT2D eigenvalue weighted by Gasteiger charge is -2.28. The molecule has 2 aliphatic rings. The molecule has 0 saturated heterocycles. The number of alkyl halides is 6. The summed E-state index contributed by atoms with van der Waals surface area (Å²) in [5.74, 6) is 2.40. The fourth-order valence-corrected chi connectivity index (χ4v) is 3.63. The number of carbonyl (C=O) groups is 1. The first-order chi connectivity index (χ1) is 11.2. The number of halogens is 6. The van der Waals surface area contributed by atoms with Crippen molar-refractivity contribution < 1.29 is 35.9 Å². The molecule has 2 aliphatic carbocycles. The zero-order valence-electron chi connectivity index (χ0n) is 14.9. The van der Waals surface area contributed by atoms with Crippen LogP contribution >= 0.6 is 0 Å². The molecule has 0 aliphatic heterocycles. The summed E-state index contributed by atoms with van der Waals surface area (Å²) in [6.07, 6.45) is -5.83. The molecular formula is C21H42F6O2. The van der Waals surface area contributed by atoms with Crippen molar-refractivity contribution in [2.45, 2.75) is 95.4 Å². The van der Waals surface area contributed by atoms with Gasteiger partial charge in [-0.05, 0) is 56.3 Å². The maximum Gasteiger partial charge on any atom is 0.422 e. The SMILES string of the molecule is C.C.C.C.CC1C2CCC(C2)C1C.CCC(C)(C(=O)OCC(F)(F)F)C(F)(F)F. The Bertz CT molecular complexity index is 443. The largest absolute Gasteiger partial charge is 0.455 e. The monoisotopic (exact) mass is 440 g/mol. The summed E-state index contributed by atoms with van der Waals surface area (Å²) in [4.78, 5) is 10.9. The molecule has 2 fully saturated rings. The highest BCUT2D eigenvalue weighted by molar-refractivity contribution is 5.77. The molecule has 2 saturated carbocycles. The summed E-state index contributed by atoms with van der Waals surface area (Å²) < 4.78 is 75.7. The van der Waals surface area contributed by atoms with Gasteiger partial charge in [0.1, 0.15) is 0 Å². The first kappa shape index (κ1) is 35.5. The molecule has 2 bridgehead atoms. The van der Waals surface area contributed by atoms with E-state index in [0.29, 0.717) is 6.92 Å². The molecule has 0 spiro atoms. The normalized spacial score (nSPS) is 26.8. The van der Waals surface area contributed by atoms with Gasteiger partial charge in [0.05, 0.1) is 0 Å². The first-order valence-electron chi connectivity index (χ1n) is 8.53. The summed E-state index contributed by atoms with van der Waals surface area (Å²) in [6.45, 7) is 4.41. The quantitative estimate of drug-likeness (QED) is 0.326. The molecule has 0 amide bonds. The van der Waals surface area contributed by atoms with Crippen LogP contribution in [0.2, 0.25) is 0 Å². The molecule has 2 rings (SSSR count). The third-order valence-electron chi connectivity index (χ3n) is 5.98. The highest BCUT2D eigenvalue weighted by atomic mass is 19.4. The summed E-state index contributed by atoms with van der Waals surface area (Å²) in [6, 6.07) is 0. The van der Waals surface area contributed by atoms with Crippen molar-refractivity contribution in [1.29, 1.82) is 0 Å². The number of ether oxygens (including phenoxy) is 1. The van der Waals surface area contributed by atoms with Crippen LogP contribution in [0.1, 0.15) is 83.1 Å². The highest BCUT2D eigenvalue weighted by Gasteiger charge is 2.57. The predicted octanol–water partition coefficient (Wildman–Crippen LogP) is 8.30. The smallest absolute Gasteiger partial charge is 0.422 e. The minimum Gasteiger partial charge on any atom is -0.455 e. The summed E-state index contributed by atoms with van der Waals surface area (Å²) in [5, 5.41) is 0. The van der Waals surface area contributed by atoms with Gasteiger partial charge in [-0.1, -0.05) is 50.5 Å². The number of hydrogen-bond donors (Lipinski definition) is 0. The summed E-state index contributed by atoms with van der Waals surface area (Å²) >= 11 is 0. The molecule has 0 N–H and O–H groups in total. The van der Waals surface area contributed by atoms with Gasteiger partial charge in [-0.3, -0.25) is 4.79 Å². The number of rotatable bonds is 3. The van der Waals surface area contributed by atoms with Crippen LogP contribution in [0.5, 0.6) is 0 Å². The molecule has 8 heteroatoms. The van der Waals surface area contributed by atoms with E-state index in [1.54, 1.807) is 6.42 Å². The highest BCUT2D eigenvalue weighted by Crippen LogP contribution is 2.51. The zero-order valence-corrected chi connectivity index (χ0v) is 14.9. The lowest BCUT2D eigenvalue weighted by molar-refractivity contribution is -0.240. The van der Waals surface area contributed by atoms with Gasteiger partial charge in [0.15, 0.2) is 12.0 Å². The topological polar surface area (TPSA) is 26.3 Å². The van der Waals surface area contributed by atoms with Gasteiger partial charge < -0.3 is 4.74 Å². The van der Waals surface area contributed by atoms with E-state index in [-0.39, 0.29) is 29.7 Å². The second kappa shape index (κ2) is 12.7. The number of carbonyl (C=O) groups excluding carboxylic acids is 1. The Hall–Kier alpha value is -0.950. The van der Waals surface area contributed by atoms with Crippen molar-refractivity contribution >= 4 is 5.97 Å². The minimum absolute atomic E-state index is 0. The summed E-state index contributed by atoms with van der Waals surface area (Å²) in [5.41, 5.74) is -2.90. The van der Waals surface area contributed by atoms with Crippen molar-refractivity contribution in [1.82, 2.24) is 0 Å². The lowest BCUT2D eigenvalue weighted by atomic mass is 9.82. The maximum atomic E-state index is 12.4. The molecule has 0 radical (unpaired) electrons. The van der Waals surface area contributed by atoms with Gasteiger partial charge in [0, 0.05) is 0 Å². The Balaban J connectivity index is -0.000000207. The maximum absolute atomic E-state index is 12.4. The molecule has 0 heterocycles. The molecule has 0 aromatic rings. The second-order valence-electron chi connectivity index (χ2n) is 7.43. The van der Waals surface area contributed by atoms with E-state index in [9.17, 15) is 31.1 Å². The van der Waals surface area contributed by atoms with Gasteiger partial charge in [-0.2, -0.15) is 26.3 Å². The minimum atomic E-state index is -4.94. The van der Waals surface area contributed by atoms with Crippen molar-refractivity contribution in [3.8, 4) is 0 Å². The van der Waals surface area contributed by atoms with E-state index < -0.39 is 36.8 Å². The third kappa shape index (κ3) is 8.75. The standard InChI is InChI=1S/C9H16.C8H10F6O2.4CH4/c1-6-7(2)9-4-3-8(6)5-9;1-3-6(2,8(12,13)14)5(15)16-4-7(9,10)11;;;;/h6-9H,3-5H2,1-2H3;3-4H2,1-2H3;4*1H4. The Morgan fingerprint density at radius 1 is 0.897 bits per heavy atom. The van der Waals surface area contributed by atoms with E-state index in [0.717, 1.165) is 30.6 Å².